The van der Waals surface area contributed by atoms with Crippen LogP contribution < -0.4 is 0 Å². The fourth-order valence-corrected chi connectivity index (χ4v) is 4.95. The second-order valence-electron chi connectivity index (χ2n) is 7.81. The fourth-order valence-electron chi connectivity index (χ4n) is 4.00. The molecule has 1 aromatic carbocycles. The van der Waals surface area contributed by atoms with Gasteiger partial charge in [-0.3, -0.25) is 4.79 Å². The van der Waals surface area contributed by atoms with E-state index >= 15 is 0 Å². The number of rotatable bonds is 5. The molecule has 0 aliphatic heterocycles. The van der Waals surface area contributed by atoms with Gasteiger partial charge in [-0.1, -0.05) is 17.7 Å². The minimum Gasteiger partial charge on any atom is -0.512 e. The molecule has 1 aromatic heterocycles. The van der Waals surface area contributed by atoms with Crippen LogP contribution in [0.5, 0.6) is 0 Å². The SMILES string of the molecule is Cc1cc(C)c(C2=C(O)CC(CCSc3ccc(C(F)(F)F)cn3)CC2=O)c(C)c1. The topological polar surface area (TPSA) is 50.2 Å². The Balaban J connectivity index is 1.64. The Morgan fingerprint density at radius 2 is 1.80 bits per heavy atom. The van der Waals surface area contributed by atoms with Crippen LogP contribution in [0, 0.1) is 26.7 Å². The number of aryl methyl sites for hydroxylation is 3. The van der Waals surface area contributed by atoms with Crippen molar-refractivity contribution in [3.05, 3.63) is 64.0 Å². The molecule has 0 fully saturated rings. The molecule has 1 N–H and O–H groups in total. The van der Waals surface area contributed by atoms with Crippen LogP contribution in [0.15, 0.2) is 41.2 Å². The van der Waals surface area contributed by atoms with Crippen LogP contribution in [0.1, 0.15) is 47.1 Å². The van der Waals surface area contributed by atoms with Gasteiger partial charge in [0.1, 0.15) is 5.76 Å². The van der Waals surface area contributed by atoms with Crippen molar-refractivity contribution in [2.24, 2.45) is 5.92 Å². The van der Waals surface area contributed by atoms with E-state index in [1.807, 2.05) is 32.9 Å². The number of aliphatic hydroxyl groups is 1. The third-order valence-electron chi connectivity index (χ3n) is 5.29. The summed E-state index contributed by atoms with van der Waals surface area (Å²) in [7, 11) is 0. The number of hydrogen-bond acceptors (Lipinski definition) is 4. The first-order valence-electron chi connectivity index (χ1n) is 9.76. The molecule has 1 aliphatic carbocycles. The van der Waals surface area contributed by atoms with E-state index < -0.39 is 11.7 Å². The number of pyridine rings is 1. The quantitative estimate of drug-likeness (QED) is 0.548. The monoisotopic (exact) mass is 435 g/mol. The van der Waals surface area contributed by atoms with Gasteiger partial charge in [-0.25, -0.2) is 4.98 Å². The Morgan fingerprint density at radius 3 is 2.33 bits per heavy atom. The lowest BCUT2D eigenvalue weighted by Gasteiger charge is -2.25. The third kappa shape index (κ3) is 5.06. The van der Waals surface area contributed by atoms with Gasteiger partial charge in [0.05, 0.1) is 16.2 Å². The molecular weight excluding hydrogens is 411 g/mol. The van der Waals surface area contributed by atoms with Crippen molar-refractivity contribution in [1.29, 1.82) is 0 Å². The summed E-state index contributed by atoms with van der Waals surface area (Å²) >= 11 is 1.35. The smallest absolute Gasteiger partial charge is 0.417 e. The van der Waals surface area contributed by atoms with Crippen molar-refractivity contribution in [2.75, 3.05) is 5.75 Å². The summed E-state index contributed by atoms with van der Waals surface area (Å²) in [4.78, 5) is 16.7. The maximum atomic E-state index is 12.8. The van der Waals surface area contributed by atoms with E-state index in [-0.39, 0.29) is 17.5 Å². The second kappa shape index (κ2) is 8.84. The van der Waals surface area contributed by atoms with Gasteiger partial charge in [-0.05, 0) is 67.7 Å². The summed E-state index contributed by atoms with van der Waals surface area (Å²) < 4.78 is 37.8. The number of hydrogen-bond donors (Lipinski definition) is 1. The lowest BCUT2D eigenvalue weighted by atomic mass is 9.80. The first-order chi connectivity index (χ1) is 14.1. The zero-order valence-corrected chi connectivity index (χ0v) is 18.0. The van der Waals surface area contributed by atoms with Crippen molar-refractivity contribution in [2.45, 2.75) is 51.2 Å². The summed E-state index contributed by atoms with van der Waals surface area (Å²) in [5.74, 6) is 0.691. The molecule has 1 heterocycles. The summed E-state index contributed by atoms with van der Waals surface area (Å²) in [6, 6.07) is 6.40. The number of carbonyl (C=O) groups excluding carboxylic acids is 1. The molecule has 7 heteroatoms. The van der Waals surface area contributed by atoms with E-state index in [9.17, 15) is 23.1 Å². The molecule has 3 nitrogen and oxygen atoms in total. The highest BCUT2D eigenvalue weighted by molar-refractivity contribution is 7.99. The van der Waals surface area contributed by atoms with Crippen molar-refractivity contribution >= 4 is 23.1 Å². The number of carbonyl (C=O) groups is 1. The Labute approximate surface area is 178 Å². The molecular formula is C23H24F3NO2S. The zero-order valence-electron chi connectivity index (χ0n) is 17.1. The van der Waals surface area contributed by atoms with Crippen molar-refractivity contribution in [1.82, 2.24) is 4.98 Å². The van der Waals surface area contributed by atoms with Gasteiger partial charge < -0.3 is 5.11 Å². The van der Waals surface area contributed by atoms with Gasteiger partial charge in [-0.2, -0.15) is 13.2 Å². The van der Waals surface area contributed by atoms with Crippen molar-refractivity contribution in [3.63, 3.8) is 0 Å². The van der Waals surface area contributed by atoms with Gasteiger partial charge >= 0.3 is 6.18 Å². The molecule has 0 saturated heterocycles. The summed E-state index contributed by atoms with van der Waals surface area (Å²) in [6.45, 7) is 5.89. The Morgan fingerprint density at radius 1 is 1.13 bits per heavy atom. The highest BCUT2D eigenvalue weighted by Crippen LogP contribution is 2.37. The number of benzene rings is 1. The Kier molecular flexibility index (Phi) is 6.60. The fraction of sp³-hybridized carbons (Fsp3) is 0.391. The van der Waals surface area contributed by atoms with Crippen LogP contribution in [0.3, 0.4) is 0 Å². The normalized spacial score (nSPS) is 17.5. The highest BCUT2D eigenvalue weighted by atomic mass is 32.2. The lowest BCUT2D eigenvalue weighted by Crippen LogP contribution is -2.20. The van der Waals surface area contributed by atoms with E-state index in [1.165, 1.54) is 17.8 Å². The van der Waals surface area contributed by atoms with E-state index in [1.54, 1.807) is 0 Å². The molecule has 160 valence electrons. The molecule has 0 radical (unpaired) electrons. The van der Waals surface area contributed by atoms with Gasteiger partial charge in [0.2, 0.25) is 0 Å². The number of aromatic nitrogens is 1. The van der Waals surface area contributed by atoms with E-state index in [2.05, 4.69) is 4.98 Å². The largest absolute Gasteiger partial charge is 0.512 e. The van der Waals surface area contributed by atoms with Crippen molar-refractivity contribution in [3.8, 4) is 0 Å². The minimum atomic E-state index is -4.39. The van der Waals surface area contributed by atoms with Gasteiger partial charge in [-0.15, -0.1) is 11.8 Å². The molecule has 0 spiro atoms. The Hall–Kier alpha value is -2.28. The number of thioether (sulfide) groups is 1. The number of Topliss-reactive ketones (excluding diaryl/α,β-unsaturated/α-hetero) is 1. The van der Waals surface area contributed by atoms with E-state index in [0.717, 1.165) is 34.5 Å². The molecule has 2 aromatic rings. The molecule has 1 unspecified atom stereocenters. The second-order valence-corrected chi connectivity index (χ2v) is 8.93. The molecule has 30 heavy (non-hydrogen) atoms. The first-order valence-corrected chi connectivity index (χ1v) is 10.7. The molecule has 0 bridgehead atoms. The maximum absolute atomic E-state index is 12.8. The van der Waals surface area contributed by atoms with Gasteiger partial charge in [0.15, 0.2) is 5.78 Å². The minimum absolute atomic E-state index is 0.00857. The number of aliphatic hydroxyl groups excluding tert-OH is 1. The van der Waals surface area contributed by atoms with Crippen LogP contribution in [0.2, 0.25) is 0 Å². The number of nitrogens with zero attached hydrogens (tertiary/aromatic N) is 1. The predicted molar refractivity (Wildman–Crippen MR) is 113 cm³/mol. The first kappa shape index (κ1) is 22.4. The van der Waals surface area contributed by atoms with Crippen LogP contribution in [-0.4, -0.2) is 21.6 Å². The number of ketones is 1. The van der Waals surface area contributed by atoms with Crippen LogP contribution >= 0.6 is 11.8 Å². The molecule has 1 atom stereocenters. The van der Waals surface area contributed by atoms with E-state index in [4.69, 9.17) is 0 Å². The number of alkyl halides is 3. The summed E-state index contributed by atoms with van der Waals surface area (Å²) in [5, 5.41) is 11.1. The van der Waals surface area contributed by atoms with Crippen LogP contribution in [-0.2, 0) is 11.0 Å². The molecule has 1 aliphatic rings. The van der Waals surface area contributed by atoms with E-state index in [0.29, 0.717) is 35.6 Å². The molecule has 0 amide bonds. The average molecular weight is 436 g/mol. The lowest BCUT2D eigenvalue weighted by molar-refractivity contribution is -0.137. The summed E-state index contributed by atoms with van der Waals surface area (Å²) in [5.41, 5.74) is 3.55. The number of allylic oxidation sites excluding steroid dienone is 2. The van der Waals surface area contributed by atoms with Crippen LogP contribution in [0.25, 0.3) is 5.57 Å². The maximum Gasteiger partial charge on any atom is 0.417 e. The average Bonchev–Trinajstić information content (AvgIpc) is 2.63. The number of halogens is 3. The van der Waals surface area contributed by atoms with Gasteiger partial charge in [0, 0.05) is 19.0 Å². The molecule has 3 rings (SSSR count). The third-order valence-corrected chi connectivity index (χ3v) is 6.27. The van der Waals surface area contributed by atoms with Crippen LogP contribution in [0.4, 0.5) is 13.2 Å². The summed E-state index contributed by atoms with van der Waals surface area (Å²) in [6.07, 6.45) is -2.11. The standard InChI is InChI=1S/C23H24F3NO2S/c1-13-8-14(2)21(15(3)9-13)22-18(28)10-16(11-19(22)29)6-7-30-20-5-4-17(12-27-20)23(24,25)26/h4-5,8-9,12,16,28H,6-7,10-11H2,1-3H3. The van der Waals surface area contributed by atoms with Gasteiger partial charge in [0.25, 0.3) is 0 Å². The molecule has 0 saturated carbocycles. The highest BCUT2D eigenvalue weighted by Gasteiger charge is 2.31. The predicted octanol–water partition coefficient (Wildman–Crippen LogP) is 6.46. The van der Waals surface area contributed by atoms with Crippen molar-refractivity contribution < 1.29 is 23.1 Å². The zero-order chi connectivity index (χ0) is 22.1. The Bertz CT molecular complexity index is 958.